The minimum atomic E-state index is -3.69. The second-order valence-electron chi connectivity index (χ2n) is 5.61. The Balaban J connectivity index is 2.49. The molecule has 0 saturated carbocycles. The highest BCUT2D eigenvalue weighted by Crippen LogP contribution is 2.20. The summed E-state index contributed by atoms with van der Waals surface area (Å²) >= 11 is 0. The zero-order chi connectivity index (χ0) is 18.2. The van der Waals surface area contributed by atoms with E-state index >= 15 is 0 Å². The van der Waals surface area contributed by atoms with Gasteiger partial charge in [0.25, 0.3) is 0 Å². The number of primary sulfonamides is 1. The minimum absolute atomic E-state index is 0.0336. The standard InChI is InChI=1S/C16H27N3O4S/c1-4-23-11-5-10-18-16(20)12-19(3)13(2)14-6-8-15(9-7-14)24(17,21)22/h6-9,13H,4-5,10-12H2,1-3H3,(H,18,20)(H2,17,21,22)/t13-/m0/s1. The van der Waals surface area contributed by atoms with Crippen LogP contribution in [0.15, 0.2) is 29.2 Å². The fraction of sp³-hybridized carbons (Fsp3) is 0.562. The molecule has 136 valence electrons. The fourth-order valence-electron chi connectivity index (χ4n) is 2.16. The molecule has 0 saturated heterocycles. The number of amides is 1. The van der Waals surface area contributed by atoms with Crippen molar-refractivity contribution in [1.29, 1.82) is 0 Å². The van der Waals surface area contributed by atoms with Crippen molar-refractivity contribution in [3.8, 4) is 0 Å². The van der Waals surface area contributed by atoms with Crippen LogP contribution in [0.4, 0.5) is 0 Å². The molecule has 0 fully saturated rings. The molecule has 1 aromatic rings. The number of nitrogens with two attached hydrogens (primary N) is 1. The van der Waals surface area contributed by atoms with E-state index < -0.39 is 10.0 Å². The van der Waals surface area contributed by atoms with Gasteiger partial charge >= 0.3 is 0 Å². The van der Waals surface area contributed by atoms with Gasteiger partial charge in [0.05, 0.1) is 11.4 Å². The first-order valence-electron chi connectivity index (χ1n) is 7.93. The Labute approximate surface area is 144 Å². The second-order valence-corrected chi connectivity index (χ2v) is 7.17. The quantitative estimate of drug-likeness (QED) is 0.605. The van der Waals surface area contributed by atoms with Crippen LogP contribution in [0.2, 0.25) is 0 Å². The van der Waals surface area contributed by atoms with E-state index in [2.05, 4.69) is 5.32 Å². The molecule has 1 rings (SSSR count). The van der Waals surface area contributed by atoms with Crippen LogP contribution in [0.1, 0.15) is 31.9 Å². The highest BCUT2D eigenvalue weighted by Gasteiger charge is 2.16. The lowest BCUT2D eigenvalue weighted by Gasteiger charge is -2.24. The smallest absolute Gasteiger partial charge is 0.238 e. The van der Waals surface area contributed by atoms with Gasteiger partial charge < -0.3 is 10.1 Å². The average Bonchev–Trinajstić information content (AvgIpc) is 2.53. The molecule has 0 radical (unpaired) electrons. The largest absolute Gasteiger partial charge is 0.382 e. The number of carbonyl (C=O) groups excluding carboxylic acids is 1. The maximum atomic E-state index is 11.9. The number of benzene rings is 1. The molecular weight excluding hydrogens is 330 g/mol. The summed E-state index contributed by atoms with van der Waals surface area (Å²) in [6.45, 7) is 6.05. The number of nitrogens with one attached hydrogen (secondary N) is 1. The summed E-state index contributed by atoms with van der Waals surface area (Å²) in [6, 6.07) is 6.33. The molecule has 0 bridgehead atoms. The molecule has 0 aromatic heterocycles. The Morgan fingerprint density at radius 2 is 1.96 bits per heavy atom. The average molecular weight is 357 g/mol. The van der Waals surface area contributed by atoms with Crippen molar-refractivity contribution in [1.82, 2.24) is 10.2 Å². The monoisotopic (exact) mass is 357 g/mol. The maximum Gasteiger partial charge on any atom is 0.238 e. The van der Waals surface area contributed by atoms with Gasteiger partial charge in [-0.15, -0.1) is 0 Å². The van der Waals surface area contributed by atoms with Crippen LogP contribution < -0.4 is 10.5 Å². The number of ether oxygens (including phenoxy) is 1. The van der Waals surface area contributed by atoms with Gasteiger partial charge in [0, 0.05) is 25.8 Å². The molecule has 0 spiro atoms. The maximum absolute atomic E-state index is 11.9. The number of likely N-dealkylation sites (N-methyl/N-ethyl adjacent to an activating group) is 1. The predicted octanol–water partition coefficient (Wildman–Crippen LogP) is 0.870. The van der Waals surface area contributed by atoms with E-state index in [1.807, 2.05) is 25.8 Å². The molecule has 7 nitrogen and oxygen atoms in total. The van der Waals surface area contributed by atoms with Crippen molar-refractivity contribution in [3.05, 3.63) is 29.8 Å². The van der Waals surface area contributed by atoms with E-state index in [-0.39, 0.29) is 23.4 Å². The number of hydrogen-bond donors (Lipinski definition) is 2. The summed E-state index contributed by atoms with van der Waals surface area (Å²) < 4.78 is 27.7. The van der Waals surface area contributed by atoms with E-state index in [0.717, 1.165) is 12.0 Å². The highest BCUT2D eigenvalue weighted by atomic mass is 32.2. The van der Waals surface area contributed by atoms with Gasteiger partial charge in [-0.25, -0.2) is 13.6 Å². The topological polar surface area (TPSA) is 102 Å². The number of sulfonamides is 1. The van der Waals surface area contributed by atoms with Crippen molar-refractivity contribution < 1.29 is 17.9 Å². The zero-order valence-corrected chi connectivity index (χ0v) is 15.3. The number of rotatable bonds is 10. The molecule has 0 aliphatic carbocycles. The Morgan fingerprint density at radius 3 is 2.50 bits per heavy atom. The molecule has 3 N–H and O–H groups in total. The third-order valence-electron chi connectivity index (χ3n) is 3.74. The van der Waals surface area contributed by atoms with Gasteiger partial charge in [0.15, 0.2) is 0 Å². The summed E-state index contributed by atoms with van der Waals surface area (Å²) in [4.78, 5) is 13.9. The van der Waals surface area contributed by atoms with Crippen molar-refractivity contribution in [3.63, 3.8) is 0 Å². The summed E-state index contributed by atoms with van der Waals surface area (Å²) in [5.41, 5.74) is 0.911. The van der Waals surface area contributed by atoms with Crippen LogP contribution in [-0.2, 0) is 19.6 Å². The highest BCUT2D eigenvalue weighted by molar-refractivity contribution is 7.89. The van der Waals surface area contributed by atoms with E-state index in [9.17, 15) is 13.2 Å². The molecule has 0 unspecified atom stereocenters. The number of hydrogen-bond acceptors (Lipinski definition) is 5. The van der Waals surface area contributed by atoms with E-state index in [1.165, 1.54) is 12.1 Å². The number of carbonyl (C=O) groups is 1. The fourth-order valence-corrected chi connectivity index (χ4v) is 2.67. The predicted molar refractivity (Wildman–Crippen MR) is 93.0 cm³/mol. The summed E-state index contributed by atoms with van der Waals surface area (Å²) in [7, 11) is -1.84. The summed E-state index contributed by atoms with van der Waals surface area (Å²) in [6.07, 6.45) is 0.786. The third kappa shape index (κ3) is 6.96. The third-order valence-corrected chi connectivity index (χ3v) is 4.67. The lowest BCUT2D eigenvalue weighted by molar-refractivity contribution is -0.122. The second kappa shape index (κ2) is 9.73. The van der Waals surface area contributed by atoms with Gasteiger partial charge in [-0.3, -0.25) is 9.69 Å². The van der Waals surface area contributed by atoms with Gasteiger partial charge in [0.2, 0.25) is 15.9 Å². The van der Waals surface area contributed by atoms with Crippen LogP contribution in [-0.4, -0.2) is 52.6 Å². The molecule has 0 heterocycles. The van der Waals surface area contributed by atoms with E-state index in [4.69, 9.17) is 9.88 Å². The molecule has 0 aliphatic rings. The molecule has 8 heteroatoms. The molecule has 1 amide bonds. The van der Waals surface area contributed by atoms with Crippen molar-refractivity contribution in [2.45, 2.75) is 31.2 Å². The molecule has 0 aliphatic heterocycles. The van der Waals surface area contributed by atoms with Crippen LogP contribution in [0.25, 0.3) is 0 Å². The Bertz CT molecular complexity index is 617. The van der Waals surface area contributed by atoms with Crippen LogP contribution >= 0.6 is 0 Å². The number of nitrogens with zero attached hydrogens (tertiary/aromatic N) is 1. The minimum Gasteiger partial charge on any atom is -0.382 e. The summed E-state index contributed by atoms with van der Waals surface area (Å²) in [5, 5.41) is 7.94. The van der Waals surface area contributed by atoms with E-state index in [1.54, 1.807) is 12.1 Å². The molecule has 1 aromatic carbocycles. The lowest BCUT2D eigenvalue weighted by atomic mass is 10.1. The lowest BCUT2D eigenvalue weighted by Crippen LogP contribution is -2.37. The first-order chi connectivity index (χ1) is 11.3. The van der Waals surface area contributed by atoms with Gasteiger partial charge in [-0.2, -0.15) is 0 Å². The summed E-state index contributed by atoms with van der Waals surface area (Å²) in [5.74, 6) is -0.0537. The molecular formula is C16H27N3O4S. The van der Waals surface area contributed by atoms with Crippen molar-refractivity contribution in [2.24, 2.45) is 5.14 Å². The molecule has 1 atom stereocenters. The first kappa shape index (κ1) is 20.6. The zero-order valence-electron chi connectivity index (χ0n) is 14.5. The Hall–Kier alpha value is -1.48. The Morgan fingerprint density at radius 1 is 1.33 bits per heavy atom. The van der Waals surface area contributed by atoms with Crippen molar-refractivity contribution in [2.75, 3.05) is 33.4 Å². The molecule has 24 heavy (non-hydrogen) atoms. The van der Waals surface area contributed by atoms with Crippen LogP contribution in [0.5, 0.6) is 0 Å². The SMILES string of the molecule is CCOCCCNC(=O)CN(C)[C@@H](C)c1ccc(S(N)(=O)=O)cc1. The normalized spacial score (nSPS) is 13.0. The van der Waals surface area contributed by atoms with Crippen molar-refractivity contribution >= 4 is 15.9 Å². The van der Waals surface area contributed by atoms with Gasteiger partial charge in [-0.05, 0) is 45.0 Å². The van der Waals surface area contributed by atoms with Gasteiger partial charge in [-0.1, -0.05) is 12.1 Å². The first-order valence-corrected chi connectivity index (χ1v) is 9.47. The van der Waals surface area contributed by atoms with Crippen LogP contribution in [0.3, 0.4) is 0 Å². The van der Waals surface area contributed by atoms with Gasteiger partial charge in [0.1, 0.15) is 0 Å². The van der Waals surface area contributed by atoms with E-state index in [0.29, 0.717) is 19.8 Å². The Kier molecular flexibility index (Phi) is 8.34. The van der Waals surface area contributed by atoms with Crippen LogP contribution in [0, 0.1) is 0 Å².